The molecule has 1 aliphatic rings. The molecule has 0 saturated carbocycles. The van der Waals surface area contributed by atoms with Crippen LogP contribution in [-0.4, -0.2) is 24.5 Å². The zero-order valence-corrected chi connectivity index (χ0v) is 9.14. The van der Waals surface area contributed by atoms with Gasteiger partial charge in [-0.2, -0.15) is 0 Å². The molecular formula is C10H15FN2O3. The number of urea groups is 1. The van der Waals surface area contributed by atoms with Crippen molar-refractivity contribution in [2.24, 2.45) is 5.41 Å². The Bertz CT molecular complexity index is 297. The van der Waals surface area contributed by atoms with Crippen LogP contribution in [0.2, 0.25) is 0 Å². The van der Waals surface area contributed by atoms with Crippen LogP contribution in [0.4, 0.5) is 9.18 Å². The second kappa shape index (κ2) is 5.05. The third-order valence-electron chi connectivity index (χ3n) is 2.91. The van der Waals surface area contributed by atoms with E-state index in [1.54, 1.807) is 6.92 Å². The van der Waals surface area contributed by atoms with Crippen LogP contribution in [0.25, 0.3) is 0 Å². The van der Waals surface area contributed by atoms with E-state index in [0.717, 1.165) is 0 Å². The topological polar surface area (TPSA) is 75.3 Å². The van der Waals surface area contributed by atoms with Crippen molar-refractivity contribution in [2.45, 2.75) is 32.6 Å². The maximum atomic E-state index is 12.0. The van der Waals surface area contributed by atoms with E-state index in [9.17, 15) is 18.8 Å². The Hall–Kier alpha value is -1.46. The van der Waals surface area contributed by atoms with E-state index < -0.39 is 29.9 Å². The van der Waals surface area contributed by atoms with E-state index in [1.165, 1.54) is 0 Å². The molecule has 0 aromatic rings. The van der Waals surface area contributed by atoms with Crippen molar-refractivity contribution in [1.82, 2.24) is 10.6 Å². The summed E-state index contributed by atoms with van der Waals surface area (Å²) in [6.45, 7) is 1.23. The van der Waals surface area contributed by atoms with Crippen molar-refractivity contribution in [1.29, 1.82) is 0 Å². The highest BCUT2D eigenvalue weighted by atomic mass is 19.1. The van der Waals surface area contributed by atoms with Gasteiger partial charge in [-0.25, -0.2) is 4.79 Å². The molecule has 90 valence electrons. The van der Waals surface area contributed by atoms with Crippen LogP contribution < -0.4 is 10.6 Å². The monoisotopic (exact) mass is 230 g/mol. The van der Waals surface area contributed by atoms with Crippen LogP contribution in [0.5, 0.6) is 0 Å². The molecule has 6 heteroatoms. The van der Waals surface area contributed by atoms with Crippen molar-refractivity contribution in [2.75, 3.05) is 6.67 Å². The molecule has 1 saturated heterocycles. The van der Waals surface area contributed by atoms with E-state index in [0.29, 0.717) is 19.3 Å². The number of carbonyl (C=O) groups excluding carboxylic acids is 3. The molecule has 4 amide bonds. The first-order valence-electron chi connectivity index (χ1n) is 5.29. The van der Waals surface area contributed by atoms with Crippen LogP contribution in [0.15, 0.2) is 0 Å². The molecule has 1 heterocycles. The van der Waals surface area contributed by atoms with Gasteiger partial charge in [0.15, 0.2) is 0 Å². The molecule has 0 spiro atoms. The summed E-state index contributed by atoms with van der Waals surface area (Å²) in [6.07, 6.45) is 1.32. The lowest BCUT2D eigenvalue weighted by Crippen LogP contribution is -2.62. The summed E-state index contributed by atoms with van der Waals surface area (Å²) in [5, 5.41) is 4.15. The van der Waals surface area contributed by atoms with E-state index in [1.807, 2.05) is 0 Å². The summed E-state index contributed by atoms with van der Waals surface area (Å²) in [5.41, 5.74) is -1.22. The Morgan fingerprint density at radius 1 is 1.12 bits per heavy atom. The lowest BCUT2D eigenvalue weighted by atomic mass is 9.77. The third-order valence-corrected chi connectivity index (χ3v) is 2.91. The zero-order chi connectivity index (χ0) is 12.2. The van der Waals surface area contributed by atoms with Crippen LogP contribution in [0.3, 0.4) is 0 Å². The predicted molar refractivity (Wildman–Crippen MR) is 54.2 cm³/mol. The van der Waals surface area contributed by atoms with Gasteiger partial charge in [-0.1, -0.05) is 6.92 Å². The van der Waals surface area contributed by atoms with E-state index in [-0.39, 0.29) is 6.42 Å². The SMILES string of the molecule is CCC1(CCCCF)C(=O)NC(=O)NC1=O. The van der Waals surface area contributed by atoms with Gasteiger partial charge in [0, 0.05) is 0 Å². The van der Waals surface area contributed by atoms with E-state index >= 15 is 0 Å². The first-order valence-corrected chi connectivity index (χ1v) is 5.29. The van der Waals surface area contributed by atoms with E-state index in [2.05, 4.69) is 10.6 Å². The highest BCUT2D eigenvalue weighted by molar-refractivity contribution is 6.19. The molecule has 0 aliphatic carbocycles. The Morgan fingerprint density at radius 2 is 1.69 bits per heavy atom. The highest BCUT2D eigenvalue weighted by Gasteiger charge is 2.48. The zero-order valence-electron chi connectivity index (χ0n) is 9.14. The quantitative estimate of drug-likeness (QED) is 0.544. The normalized spacial score (nSPS) is 19.2. The predicted octanol–water partition coefficient (Wildman–Crippen LogP) is 0.889. The molecule has 0 bridgehead atoms. The van der Waals surface area contributed by atoms with Gasteiger partial charge in [-0.05, 0) is 25.7 Å². The molecule has 0 radical (unpaired) electrons. The van der Waals surface area contributed by atoms with Gasteiger partial charge < -0.3 is 0 Å². The summed E-state index contributed by atoms with van der Waals surface area (Å²) >= 11 is 0. The van der Waals surface area contributed by atoms with Crippen molar-refractivity contribution >= 4 is 17.8 Å². The summed E-state index contributed by atoms with van der Waals surface area (Å²) in [4.78, 5) is 34.2. The smallest absolute Gasteiger partial charge is 0.277 e. The summed E-state index contributed by atoms with van der Waals surface area (Å²) < 4.78 is 12.0. The first kappa shape index (κ1) is 12.6. The average molecular weight is 230 g/mol. The number of nitrogens with one attached hydrogen (secondary N) is 2. The highest BCUT2D eigenvalue weighted by Crippen LogP contribution is 2.31. The third kappa shape index (κ3) is 2.20. The number of hydrogen-bond donors (Lipinski definition) is 2. The molecule has 5 nitrogen and oxygen atoms in total. The van der Waals surface area contributed by atoms with E-state index in [4.69, 9.17) is 0 Å². The van der Waals surface area contributed by atoms with Crippen LogP contribution in [0.1, 0.15) is 32.6 Å². The Balaban J connectivity index is 2.79. The van der Waals surface area contributed by atoms with Gasteiger partial charge in [-0.3, -0.25) is 24.6 Å². The van der Waals surface area contributed by atoms with Crippen molar-refractivity contribution in [3.63, 3.8) is 0 Å². The van der Waals surface area contributed by atoms with Gasteiger partial charge >= 0.3 is 6.03 Å². The molecule has 1 rings (SSSR count). The molecule has 1 aliphatic heterocycles. The van der Waals surface area contributed by atoms with Crippen molar-refractivity contribution in [3.05, 3.63) is 0 Å². The number of halogens is 1. The second-order valence-corrected chi connectivity index (χ2v) is 3.82. The maximum Gasteiger partial charge on any atom is 0.328 e. The molecule has 0 aromatic heterocycles. The number of unbranched alkanes of at least 4 members (excludes halogenated alkanes) is 1. The molecule has 0 atom stereocenters. The van der Waals surface area contributed by atoms with Gasteiger partial charge in [0.1, 0.15) is 5.41 Å². The van der Waals surface area contributed by atoms with Crippen molar-refractivity contribution in [3.8, 4) is 0 Å². The largest absolute Gasteiger partial charge is 0.328 e. The number of amides is 4. The van der Waals surface area contributed by atoms with Crippen molar-refractivity contribution < 1.29 is 18.8 Å². The fourth-order valence-corrected chi connectivity index (χ4v) is 1.83. The first-order chi connectivity index (χ1) is 7.56. The minimum Gasteiger partial charge on any atom is -0.277 e. The van der Waals surface area contributed by atoms with Gasteiger partial charge in [0.05, 0.1) is 6.67 Å². The summed E-state index contributed by atoms with van der Waals surface area (Å²) in [5.74, 6) is -1.16. The molecular weight excluding hydrogens is 215 g/mol. The van der Waals surface area contributed by atoms with Gasteiger partial charge in [-0.15, -0.1) is 0 Å². The second-order valence-electron chi connectivity index (χ2n) is 3.82. The fraction of sp³-hybridized carbons (Fsp3) is 0.700. The summed E-state index contributed by atoms with van der Waals surface area (Å²) in [7, 11) is 0. The van der Waals surface area contributed by atoms with Crippen LogP contribution in [0, 0.1) is 5.41 Å². The average Bonchev–Trinajstić information content (AvgIpc) is 2.22. The molecule has 1 fully saturated rings. The van der Waals surface area contributed by atoms with Crippen LogP contribution in [-0.2, 0) is 9.59 Å². The van der Waals surface area contributed by atoms with Gasteiger partial charge in [0.2, 0.25) is 11.8 Å². The molecule has 0 unspecified atom stereocenters. The lowest BCUT2D eigenvalue weighted by Gasteiger charge is -2.32. The Morgan fingerprint density at radius 3 is 2.12 bits per heavy atom. The number of imide groups is 2. The van der Waals surface area contributed by atoms with Gasteiger partial charge in [0.25, 0.3) is 0 Å². The number of rotatable bonds is 5. The number of hydrogen-bond acceptors (Lipinski definition) is 3. The van der Waals surface area contributed by atoms with Crippen LogP contribution >= 0.6 is 0 Å². The summed E-state index contributed by atoms with van der Waals surface area (Å²) in [6, 6.07) is -0.787. The number of barbiturate groups is 1. The molecule has 16 heavy (non-hydrogen) atoms. The molecule has 2 N–H and O–H groups in total. The number of alkyl halides is 1. The fourth-order valence-electron chi connectivity index (χ4n) is 1.83. The minimum absolute atomic E-state index is 0.262. The standard InChI is InChI=1S/C10H15FN2O3/c1-2-10(5-3-4-6-11)7(14)12-9(16)13-8(10)15/h2-6H2,1H3,(H2,12,13,14,15,16). The Labute approximate surface area is 92.8 Å². The lowest BCUT2D eigenvalue weighted by molar-refractivity contribution is -0.145. The minimum atomic E-state index is -1.22. The maximum absolute atomic E-state index is 12.0. The number of carbonyl (C=O) groups is 3. The Kier molecular flexibility index (Phi) is 3.98. The molecule has 0 aromatic carbocycles.